The van der Waals surface area contributed by atoms with Gasteiger partial charge in [0.05, 0.1) is 22.5 Å². The normalized spacial score (nSPS) is 13.9. The van der Waals surface area contributed by atoms with Crippen molar-refractivity contribution in [3.05, 3.63) is 88.4 Å². The zero-order valence-electron chi connectivity index (χ0n) is 16.7. The standard InChI is InChI=1S/C23H27N3O3S/c24-19(11-17-7-3-1-4-8-17)13-22(27)21(12-18-9-5-2-6-10-18)26-23(28)29-15-20-14-25-16-30-20/h1-10,14,16,19,21-22,27H,11-13,15,24H2,(H,26,28)/t19-,21-,22-/m1/s1. The molecule has 3 rings (SSSR count). The number of nitrogens with zero attached hydrogens (tertiary/aromatic N) is 1. The molecule has 0 aliphatic rings. The van der Waals surface area contributed by atoms with Crippen molar-refractivity contribution >= 4 is 17.4 Å². The van der Waals surface area contributed by atoms with Gasteiger partial charge in [-0.2, -0.15) is 0 Å². The molecular formula is C23H27N3O3S. The maximum Gasteiger partial charge on any atom is 0.407 e. The number of benzene rings is 2. The number of nitrogens with one attached hydrogen (secondary N) is 1. The van der Waals surface area contributed by atoms with E-state index >= 15 is 0 Å². The number of ether oxygens (including phenoxy) is 1. The monoisotopic (exact) mass is 425 g/mol. The van der Waals surface area contributed by atoms with Crippen LogP contribution in [0.3, 0.4) is 0 Å². The summed E-state index contributed by atoms with van der Waals surface area (Å²) in [6, 6.07) is 18.9. The van der Waals surface area contributed by atoms with Gasteiger partial charge in [-0.05, 0) is 30.4 Å². The Morgan fingerprint density at radius 1 is 1.07 bits per heavy atom. The van der Waals surface area contributed by atoms with Crippen LogP contribution in [0.25, 0.3) is 0 Å². The highest BCUT2D eigenvalue weighted by molar-refractivity contribution is 7.09. The van der Waals surface area contributed by atoms with Crippen molar-refractivity contribution in [3.8, 4) is 0 Å². The van der Waals surface area contributed by atoms with E-state index in [0.717, 1.165) is 16.0 Å². The maximum atomic E-state index is 12.3. The summed E-state index contributed by atoms with van der Waals surface area (Å²) in [6.07, 6.45) is 1.79. The van der Waals surface area contributed by atoms with Gasteiger partial charge in [-0.3, -0.25) is 4.98 Å². The Balaban J connectivity index is 1.59. The van der Waals surface area contributed by atoms with Crippen LogP contribution in [-0.2, 0) is 24.2 Å². The summed E-state index contributed by atoms with van der Waals surface area (Å²) < 4.78 is 5.28. The van der Waals surface area contributed by atoms with E-state index in [9.17, 15) is 9.90 Å². The SMILES string of the molecule is N[C@H](Cc1ccccc1)C[C@@H](O)[C@@H](Cc1ccccc1)NC(=O)OCc1cncs1. The van der Waals surface area contributed by atoms with Crippen molar-refractivity contribution < 1.29 is 14.6 Å². The number of hydrogen-bond acceptors (Lipinski definition) is 6. The number of carbonyl (C=O) groups excluding carboxylic acids is 1. The van der Waals surface area contributed by atoms with Crippen LogP contribution < -0.4 is 11.1 Å². The lowest BCUT2D eigenvalue weighted by atomic mass is 9.94. The minimum Gasteiger partial charge on any atom is -0.444 e. The molecule has 30 heavy (non-hydrogen) atoms. The maximum absolute atomic E-state index is 12.3. The number of alkyl carbamates (subject to hydrolysis) is 1. The first-order valence-electron chi connectivity index (χ1n) is 9.92. The Kier molecular flexibility index (Phi) is 8.38. The first-order chi connectivity index (χ1) is 14.6. The average Bonchev–Trinajstić information content (AvgIpc) is 3.27. The van der Waals surface area contributed by atoms with Crippen molar-refractivity contribution in [1.82, 2.24) is 10.3 Å². The summed E-state index contributed by atoms with van der Waals surface area (Å²) in [5.74, 6) is 0. The lowest BCUT2D eigenvalue weighted by Gasteiger charge is -2.26. The fraction of sp³-hybridized carbons (Fsp3) is 0.304. The molecule has 0 spiro atoms. The van der Waals surface area contributed by atoms with E-state index in [1.165, 1.54) is 11.3 Å². The topological polar surface area (TPSA) is 97.5 Å². The Morgan fingerprint density at radius 2 is 1.70 bits per heavy atom. The van der Waals surface area contributed by atoms with E-state index in [1.54, 1.807) is 11.7 Å². The quantitative estimate of drug-likeness (QED) is 0.463. The van der Waals surface area contributed by atoms with E-state index < -0.39 is 18.2 Å². The van der Waals surface area contributed by atoms with E-state index in [1.807, 2.05) is 60.7 Å². The average molecular weight is 426 g/mol. The molecule has 0 saturated heterocycles. The summed E-state index contributed by atoms with van der Waals surface area (Å²) in [6.45, 7) is 0.151. The molecule has 0 radical (unpaired) electrons. The molecule has 0 aliphatic heterocycles. The molecule has 3 atom stereocenters. The molecule has 0 saturated carbocycles. The second-order valence-corrected chi connectivity index (χ2v) is 8.21. The molecule has 1 heterocycles. The number of aliphatic hydroxyl groups excluding tert-OH is 1. The number of rotatable bonds is 10. The van der Waals surface area contributed by atoms with Gasteiger partial charge >= 0.3 is 6.09 Å². The second kappa shape index (κ2) is 11.4. The number of nitrogens with two attached hydrogens (primary N) is 1. The van der Waals surface area contributed by atoms with E-state index in [0.29, 0.717) is 19.3 Å². The minimum atomic E-state index is -0.806. The fourth-order valence-electron chi connectivity index (χ4n) is 3.27. The van der Waals surface area contributed by atoms with Crippen LogP contribution in [0.5, 0.6) is 0 Å². The number of amides is 1. The predicted octanol–water partition coefficient (Wildman–Crippen LogP) is 3.30. The van der Waals surface area contributed by atoms with Crippen LogP contribution in [0.2, 0.25) is 0 Å². The Hall–Kier alpha value is -2.74. The van der Waals surface area contributed by atoms with Gasteiger partial charge in [0.25, 0.3) is 0 Å². The fourth-order valence-corrected chi connectivity index (χ4v) is 3.77. The third-order valence-corrected chi connectivity index (χ3v) is 5.53. The van der Waals surface area contributed by atoms with E-state index in [4.69, 9.17) is 10.5 Å². The van der Waals surface area contributed by atoms with Crippen LogP contribution in [0.15, 0.2) is 72.4 Å². The third kappa shape index (κ3) is 7.26. The number of carbonyl (C=O) groups is 1. The van der Waals surface area contributed by atoms with Gasteiger partial charge in [0.2, 0.25) is 0 Å². The highest BCUT2D eigenvalue weighted by atomic mass is 32.1. The molecule has 3 aromatic rings. The molecule has 7 heteroatoms. The highest BCUT2D eigenvalue weighted by Gasteiger charge is 2.24. The molecule has 0 bridgehead atoms. The first kappa shape index (κ1) is 22.0. The molecule has 0 unspecified atom stereocenters. The van der Waals surface area contributed by atoms with Crippen LogP contribution in [0.4, 0.5) is 4.79 Å². The lowest BCUT2D eigenvalue weighted by Crippen LogP contribution is -2.47. The molecule has 1 aromatic heterocycles. The van der Waals surface area contributed by atoms with Crippen LogP contribution in [0, 0.1) is 0 Å². The third-order valence-electron chi connectivity index (χ3n) is 4.78. The number of thiazole rings is 1. The number of aromatic nitrogens is 1. The largest absolute Gasteiger partial charge is 0.444 e. The van der Waals surface area contributed by atoms with Gasteiger partial charge < -0.3 is 20.9 Å². The summed E-state index contributed by atoms with van der Waals surface area (Å²) in [7, 11) is 0. The predicted molar refractivity (Wildman–Crippen MR) is 118 cm³/mol. The van der Waals surface area contributed by atoms with Crippen molar-refractivity contribution in [3.63, 3.8) is 0 Å². The Morgan fingerprint density at radius 3 is 2.30 bits per heavy atom. The number of hydrogen-bond donors (Lipinski definition) is 3. The molecule has 4 N–H and O–H groups in total. The molecular weight excluding hydrogens is 398 g/mol. The zero-order valence-corrected chi connectivity index (χ0v) is 17.5. The van der Waals surface area contributed by atoms with E-state index in [2.05, 4.69) is 10.3 Å². The van der Waals surface area contributed by atoms with Gasteiger partial charge in [0.15, 0.2) is 0 Å². The minimum absolute atomic E-state index is 0.151. The van der Waals surface area contributed by atoms with E-state index in [-0.39, 0.29) is 12.6 Å². The molecule has 158 valence electrons. The van der Waals surface area contributed by atoms with Gasteiger partial charge in [-0.25, -0.2) is 4.79 Å². The van der Waals surface area contributed by atoms with Crippen LogP contribution >= 0.6 is 11.3 Å². The summed E-state index contributed by atoms with van der Waals surface area (Å²) in [4.78, 5) is 17.2. The van der Waals surface area contributed by atoms with Gasteiger partial charge in [-0.1, -0.05) is 60.7 Å². The Bertz CT molecular complexity index is 875. The van der Waals surface area contributed by atoms with Gasteiger partial charge in [-0.15, -0.1) is 11.3 Å². The zero-order chi connectivity index (χ0) is 21.2. The highest BCUT2D eigenvalue weighted by Crippen LogP contribution is 2.13. The van der Waals surface area contributed by atoms with Crippen molar-refractivity contribution in [1.29, 1.82) is 0 Å². The number of aliphatic hydroxyl groups is 1. The lowest BCUT2D eigenvalue weighted by molar-refractivity contribution is 0.0925. The van der Waals surface area contributed by atoms with Crippen LogP contribution in [-0.4, -0.2) is 34.4 Å². The summed E-state index contributed by atoms with van der Waals surface area (Å²) in [5.41, 5.74) is 10.1. The first-order valence-corrected chi connectivity index (χ1v) is 10.8. The van der Waals surface area contributed by atoms with Gasteiger partial charge in [0, 0.05) is 12.2 Å². The smallest absolute Gasteiger partial charge is 0.407 e. The second-order valence-electron chi connectivity index (χ2n) is 7.24. The molecule has 2 aromatic carbocycles. The van der Waals surface area contributed by atoms with Crippen molar-refractivity contribution in [2.45, 2.75) is 44.1 Å². The summed E-state index contributed by atoms with van der Waals surface area (Å²) >= 11 is 1.42. The van der Waals surface area contributed by atoms with Crippen LogP contribution in [0.1, 0.15) is 22.4 Å². The van der Waals surface area contributed by atoms with Gasteiger partial charge in [0.1, 0.15) is 6.61 Å². The molecule has 0 aliphatic carbocycles. The summed E-state index contributed by atoms with van der Waals surface area (Å²) in [5, 5.41) is 13.7. The molecule has 0 fully saturated rings. The molecule has 6 nitrogen and oxygen atoms in total. The Labute approximate surface area is 180 Å². The van der Waals surface area contributed by atoms with Crippen molar-refractivity contribution in [2.24, 2.45) is 5.73 Å². The molecule has 1 amide bonds. The van der Waals surface area contributed by atoms with Crippen molar-refractivity contribution in [2.75, 3.05) is 0 Å².